The molecule has 1 aliphatic heterocycles. The molecule has 1 aliphatic rings. The molecule has 4 amide bonds. The molecule has 1 saturated heterocycles. The van der Waals surface area contributed by atoms with E-state index >= 15 is 0 Å². The van der Waals surface area contributed by atoms with Crippen molar-refractivity contribution in [2.24, 2.45) is 0 Å². The van der Waals surface area contributed by atoms with Crippen molar-refractivity contribution in [3.05, 3.63) is 91.6 Å². The molecule has 0 bridgehead atoms. The van der Waals surface area contributed by atoms with Gasteiger partial charge in [0.1, 0.15) is 18.0 Å². The van der Waals surface area contributed by atoms with Crippen LogP contribution >= 0.6 is 39.1 Å². The van der Waals surface area contributed by atoms with Gasteiger partial charge in [-0.15, -0.1) is 0 Å². The first kappa shape index (κ1) is 25.7. The summed E-state index contributed by atoms with van der Waals surface area (Å²) in [5.41, 5.74) is 0.601. The van der Waals surface area contributed by atoms with E-state index in [1.54, 1.807) is 24.3 Å². The van der Waals surface area contributed by atoms with Gasteiger partial charge in [-0.3, -0.25) is 14.9 Å². The van der Waals surface area contributed by atoms with Gasteiger partial charge in [-0.1, -0.05) is 41.4 Å². The third-order valence-electron chi connectivity index (χ3n) is 5.16. The van der Waals surface area contributed by atoms with Crippen molar-refractivity contribution in [1.82, 2.24) is 5.32 Å². The van der Waals surface area contributed by atoms with Crippen molar-refractivity contribution in [2.75, 3.05) is 12.0 Å². The van der Waals surface area contributed by atoms with E-state index in [9.17, 15) is 18.8 Å². The molecule has 0 radical (unpaired) electrons. The Kier molecular flexibility index (Phi) is 7.63. The first-order valence-electron chi connectivity index (χ1n) is 10.3. The molecule has 0 spiro atoms. The number of urea groups is 1. The van der Waals surface area contributed by atoms with Crippen LogP contribution in [0, 0.1) is 5.82 Å². The number of amides is 4. The van der Waals surface area contributed by atoms with Gasteiger partial charge in [0.15, 0.2) is 11.5 Å². The highest BCUT2D eigenvalue weighted by atomic mass is 79.9. The van der Waals surface area contributed by atoms with Crippen LogP contribution in [0.15, 0.2) is 64.6 Å². The summed E-state index contributed by atoms with van der Waals surface area (Å²) >= 11 is 15.3. The van der Waals surface area contributed by atoms with Crippen LogP contribution in [0.25, 0.3) is 6.08 Å². The van der Waals surface area contributed by atoms with Crippen molar-refractivity contribution in [2.45, 2.75) is 6.61 Å². The summed E-state index contributed by atoms with van der Waals surface area (Å²) in [7, 11) is 1.41. The molecule has 0 aromatic heterocycles. The Morgan fingerprint density at radius 3 is 2.50 bits per heavy atom. The zero-order chi connectivity index (χ0) is 26.0. The molecule has 1 N–H and O–H groups in total. The number of rotatable bonds is 6. The first-order chi connectivity index (χ1) is 17.2. The number of methoxy groups -OCH3 is 1. The van der Waals surface area contributed by atoms with E-state index in [0.717, 1.165) is 4.90 Å². The molecule has 184 valence electrons. The quantitative estimate of drug-likeness (QED) is 0.274. The Morgan fingerprint density at radius 2 is 1.81 bits per heavy atom. The summed E-state index contributed by atoms with van der Waals surface area (Å²) in [6, 6.07) is 12.6. The van der Waals surface area contributed by atoms with E-state index < -0.39 is 23.7 Å². The molecule has 3 aromatic carbocycles. The molecular formula is C25H16BrCl2FN2O5. The van der Waals surface area contributed by atoms with Gasteiger partial charge in [-0.2, -0.15) is 0 Å². The Bertz CT molecular complexity index is 1430. The van der Waals surface area contributed by atoms with E-state index in [-0.39, 0.29) is 33.7 Å². The third-order valence-corrected chi connectivity index (χ3v) is 6.48. The molecular weight excluding hydrogens is 578 g/mol. The van der Waals surface area contributed by atoms with Crippen LogP contribution in [-0.4, -0.2) is 25.0 Å². The predicted octanol–water partition coefficient (Wildman–Crippen LogP) is 6.15. The number of imide groups is 2. The highest BCUT2D eigenvalue weighted by Crippen LogP contribution is 2.38. The lowest BCUT2D eigenvalue weighted by Crippen LogP contribution is -2.54. The van der Waals surface area contributed by atoms with Crippen molar-refractivity contribution >= 4 is 68.7 Å². The molecule has 11 heteroatoms. The second-order valence-electron chi connectivity index (χ2n) is 7.47. The van der Waals surface area contributed by atoms with Crippen molar-refractivity contribution in [3.8, 4) is 11.5 Å². The van der Waals surface area contributed by atoms with Gasteiger partial charge in [-0.25, -0.2) is 14.1 Å². The lowest BCUT2D eigenvalue weighted by atomic mass is 10.1. The third kappa shape index (κ3) is 5.23. The number of carbonyl (C=O) groups excluding carboxylic acids is 3. The van der Waals surface area contributed by atoms with Crippen LogP contribution in [-0.2, 0) is 16.2 Å². The van der Waals surface area contributed by atoms with Crippen LogP contribution in [0.4, 0.5) is 14.9 Å². The van der Waals surface area contributed by atoms with E-state index in [4.69, 9.17) is 32.7 Å². The summed E-state index contributed by atoms with van der Waals surface area (Å²) in [5.74, 6) is -1.55. The zero-order valence-electron chi connectivity index (χ0n) is 18.5. The number of nitrogens with zero attached hydrogens (tertiary/aromatic N) is 1. The van der Waals surface area contributed by atoms with Gasteiger partial charge in [-0.05, 0) is 64.0 Å². The normalized spacial score (nSPS) is 14.8. The number of hydrogen-bond donors (Lipinski definition) is 1. The van der Waals surface area contributed by atoms with E-state index in [2.05, 4.69) is 21.2 Å². The highest BCUT2D eigenvalue weighted by molar-refractivity contribution is 9.10. The number of halogens is 4. The van der Waals surface area contributed by atoms with Crippen LogP contribution in [0.3, 0.4) is 0 Å². The molecule has 7 nitrogen and oxygen atoms in total. The monoisotopic (exact) mass is 592 g/mol. The van der Waals surface area contributed by atoms with Gasteiger partial charge < -0.3 is 9.47 Å². The lowest BCUT2D eigenvalue weighted by molar-refractivity contribution is -0.122. The predicted molar refractivity (Wildman–Crippen MR) is 137 cm³/mol. The second kappa shape index (κ2) is 10.7. The maximum absolute atomic E-state index is 14.0. The number of ether oxygens (including phenoxy) is 2. The van der Waals surface area contributed by atoms with Gasteiger partial charge >= 0.3 is 6.03 Å². The number of benzene rings is 3. The Labute approximate surface area is 223 Å². The molecule has 1 heterocycles. The van der Waals surface area contributed by atoms with E-state index in [0.29, 0.717) is 21.3 Å². The number of carbonyl (C=O) groups is 3. The van der Waals surface area contributed by atoms with Crippen LogP contribution in [0.1, 0.15) is 11.1 Å². The number of barbiturate groups is 1. The Morgan fingerprint density at radius 1 is 1.06 bits per heavy atom. The average Bonchev–Trinajstić information content (AvgIpc) is 2.83. The summed E-state index contributed by atoms with van der Waals surface area (Å²) in [6.45, 7) is -0.0519. The molecule has 0 aliphatic carbocycles. The minimum absolute atomic E-state index is 0.0519. The smallest absolute Gasteiger partial charge is 0.335 e. The van der Waals surface area contributed by atoms with Crippen molar-refractivity contribution in [1.29, 1.82) is 0 Å². The number of hydrogen-bond acceptors (Lipinski definition) is 5. The standard InChI is InChI=1S/C25H16BrCl2FN2O5/c1-35-21-10-13(9-17(26)22(21)36-12-14-4-2-3-5-20(14)29)8-16-23(32)30-25(34)31(24(16)33)15-6-7-18(27)19(28)11-15/h2-11H,12H2,1H3,(H,30,32,34)/b16-8+. The second-order valence-corrected chi connectivity index (χ2v) is 9.14. The van der Waals surface area contributed by atoms with Crippen LogP contribution in [0.5, 0.6) is 11.5 Å². The van der Waals surface area contributed by atoms with Crippen LogP contribution < -0.4 is 19.7 Å². The fourth-order valence-corrected chi connectivity index (χ4v) is 4.28. The van der Waals surface area contributed by atoms with Gasteiger partial charge in [0.25, 0.3) is 11.8 Å². The van der Waals surface area contributed by atoms with E-state index in [1.807, 2.05) is 0 Å². The molecule has 4 rings (SSSR count). The molecule has 0 unspecified atom stereocenters. The molecule has 0 saturated carbocycles. The number of anilines is 1. The zero-order valence-corrected chi connectivity index (χ0v) is 21.6. The van der Waals surface area contributed by atoms with Gasteiger partial charge in [0.05, 0.1) is 27.3 Å². The SMILES string of the molecule is COc1cc(/C=C2\C(=O)NC(=O)N(c3ccc(Cl)c(Cl)c3)C2=O)cc(Br)c1OCc1ccccc1F. The summed E-state index contributed by atoms with van der Waals surface area (Å²) in [6.07, 6.45) is 1.31. The maximum Gasteiger partial charge on any atom is 0.335 e. The van der Waals surface area contributed by atoms with Crippen molar-refractivity contribution in [3.63, 3.8) is 0 Å². The minimum Gasteiger partial charge on any atom is -0.493 e. The Hall–Kier alpha value is -3.40. The molecule has 36 heavy (non-hydrogen) atoms. The lowest BCUT2D eigenvalue weighted by Gasteiger charge is -2.26. The van der Waals surface area contributed by atoms with Crippen LogP contribution in [0.2, 0.25) is 10.0 Å². The Balaban J connectivity index is 1.66. The topological polar surface area (TPSA) is 84.9 Å². The highest BCUT2D eigenvalue weighted by Gasteiger charge is 2.37. The summed E-state index contributed by atoms with van der Waals surface area (Å²) in [4.78, 5) is 38.9. The minimum atomic E-state index is -0.920. The van der Waals surface area contributed by atoms with Gasteiger partial charge in [0.2, 0.25) is 0 Å². The first-order valence-corrected chi connectivity index (χ1v) is 11.8. The number of nitrogens with one attached hydrogen (secondary N) is 1. The largest absolute Gasteiger partial charge is 0.493 e. The van der Waals surface area contributed by atoms with E-state index in [1.165, 1.54) is 43.5 Å². The average molecular weight is 594 g/mol. The summed E-state index contributed by atoms with van der Waals surface area (Å²) in [5, 5.41) is 2.52. The molecule has 0 atom stereocenters. The van der Waals surface area contributed by atoms with Gasteiger partial charge in [0, 0.05) is 5.56 Å². The summed E-state index contributed by atoms with van der Waals surface area (Å²) < 4.78 is 25.6. The fraction of sp³-hybridized carbons (Fsp3) is 0.0800. The molecule has 1 fully saturated rings. The maximum atomic E-state index is 14.0. The fourth-order valence-electron chi connectivity index (χ4n) is 3.41. The molecule has 3 aromatic rings. The van der Waals surface area contributed by atoms with Crippen molar-refractivity contribution < 1.29 is 28.2 Å².